The van der Waals surface area contributed by atoms with Gasteiger partial charge in [-0.1, -0.05) is 6.07 Å². The van der Waals surface area contributed by atoms with Crippen LogP contribution in [-0.4, -0.2) is 42.2 Å². The minimum Gasteiger partial charge on any atom is -0.504 e. The molecule has 1 atom stereocenters. The molecule has 1 amide bonds. The summed E-state index contributed by atoms with van der Waals surface area (Å²) in [5.41, 5.74) is 0.963. The van der Waals surface area contributed by atoms with Gasteiger partial charge in [0.25, 0.3) is 0 Å². The van der Waals surface area contributed by atoms with Gasteiger partial charge in [-0.15, -0.1) is 0 Å². The molecule has 0 saturated carbocycles. The molecule has 112 valence electrons. The Morgan fingerprint density at radius 3 is 2.75 bits per heavy atom. The highest BCUT2D eigenvalue weighted by atomic mass is 16.5. The van der Waals surface area contributed by atoms with Gasteiger partial charge in [0.05, 0.1) is 12.6 Å². The summed E-state index contributed by atoms with van der Waals surface area (Å²) < 4.78 is 5.33. The van der Waals surface area contributed by atoms with Crippen LogP contribution in [0.2, 0.25) is 0 Å². The fourth-order valence-electron chi connectivity index (χ4n) is 1.78. The number of nitrogens with one attached hydrogen (secondary N) is 1. The van der Waals surface area contributed by atoms with E-state index >= 15 is 0 Å². The summed E-state index contributed by atoms with van der Waals surface area (Å²) >= 11 is 0. The topological polar surface area (TPSA) is 61.8 Å². The third-order valence-corrected chi connectivity index (χ3v) is 3.16. The Morgan fingerprint density at radius 2 is 2.15 bits per heavy atom. The van der Waals surface area contributed by atoms with Crippen LogP contribution in [0.4, 0.5) is 0 Å². The van der Waals surface area contributed by atoms with Crippen LogP contribution in [0, 0.1) is 0 Å². The van der Waals surface area contributed by atoms with Gasteiger partial charge in [0.2, 0.25) is 5.91 Å². The molecule has 2 N–H and O–H groups in total. The zero-order valence-electron chi connectivity index (χ0n) is 12.6. The maximum Gasteiger partial charge on any atom is 0.239 e. The van der Waals surface area contributed by atoms with Crippen molar-refractivity contribution in [3.05, 3.63) is 23.8 Å². The molecule has 0 bridgehead atoms. The second-order valence-corrected chi connectivity index (χ2v) is 4.69. The lowest BCUT2D eigenvalue weighted by Crippen LogP contribution is -2.42. The summed E-state index contributed by atoms with van der Waals surface area (Å²) in [6.07, 6.45) is 0. The maximum absolute atomic E-state index is 11.9. The Labute approximate surface area is 120 Å². The Bertz CT molecular complexity index is 449. The molecule has 20 heavy (non-hydrogen) atoms. The summed E-state index contributed by atoms with van der Waals surface area (Å²) in [5, 5.41) is 12.8. The normalized spacial score (nSPS) is 12.0. The van der Waals surface area contributed by atoms with Crippen molar-refractivity contribution >= 4 is 5.91 Å². The number of phenolic OH excluding ortho intramolecular Hbond substituents is 1. The third-order valence-electron chi connectivity index (χ3n) is 3.16. The largest absolute Gasteiger partial charge is 0.504 e. The van der Waals surface area contributed by atoms with Crippen LogP contribution in [0.15, 0.2) is 18.2 Å². The molecular weight excluding hydrogens is 256 g/mol. The van der Waals surface area contributed by atoms with Crippen LogP contribution >= 0.6 is 0 Å². The number of amides is 1. The van der Waals surface area contributed by atoms with E-state index in [4.69, 9.17) is 4.74 Å². The van der Waals surface area contributed by atoms with Crippen molar-refractivity contribution in [1.82, 2.24) is 10.2 Å². The van der Waals surface area contributed by atoms with Gasteiger partial charge in [-0.25, -0.2) is 0 Å². The molecule has 0 radical (unpaired) electrons. The molecule has 0 heterocycles. The molecule has 1 rings (SSSR count). The first-order chi connectivity index (χ1) is 9.49. The molecule has 0 fully saturated rings. The Balaban J connectivity index is 2.61. The molecule has 0 aliphatic carbocycles. The number of ether oxygens (including phenoxy) is 1. The summed E-state index contributed by atoms with van der Waals surface area (Å²) in [7, 11) is 1.79. The van der Waals surface area contributed by atoms with E-state index < -0.39 is 0 Å². The summed E-state index contributed by atoms with van der Waals surface area (Å²) in [6, 6.07) is 4.95. The predicted molar refractivity (Wildman–Crippen MR) is 78.9 cm³/mol. The SMILES string of the molecule is CCOc1cc(CNC(C)C(=O)N(C)CC)ccc1O. The van der Waals surface area contributed by atoms with E-state index in [2.05, 4.69) is 5.32 Å². The molecule has 0 aliphatic rings. The van der Waals surface area contributed by atoms with Gasteiger partial charge in [-0.3, -0.25) is 4.79 Å². The number of carbonyl (C=O) groups excluding carboxylic acids is 1. The van der Waals surface area contributed by atoms with Gasteiger partial charge < -0.3 is 20.1 Å². The van der Waals surface area contributed by atoms with E-state index in [9.17, 15) is 9.90 Å². The third kappa shape index (κ3) is 4.42. The lowest BCUT2D eigenvalue weighted by Gasteiger charge is -2.20. The summed E-state index contributed by atoms with van der Waals surface area (Å²) in [5.74, 6) is 0.665. The number of hydrogen-bond donors (Lipinski definition) is 2. The first-order valence-corrected chi connectivity index (χ1v) is 6.92. The second kappa shape index (κ2) is 7.75. The van der Waals surface area contributed by atoms with Gasteiger partial charge >= 0.3 is 0 Å². The highest BCUT2D eigenvalue weighted by Crippen LogP contribution is 2.26. The van der Waals surface area contributed by atoms with Crippen molar-refractivity contribution in [1.29, 1.82) is 0 Å². The van der Waals surface area contributed by atoms with E-state index in [0.29, 0.717) is 25.4 Å². The van der Waals surface area contributed by atoms with Crippen LogP contribution in [0.1, 0.15) is 26.3 Å². The van der Waals surface area contributed by atoms with Gasteiger partial charge in [0, 0.05) is 20.1 Å². The van der Waals surface area contributed by atoms with Crippen molar-refractivity contribution in [2.75, 3.05) is 20.2 Å². The smallest absolute Gasteiger partial charge is 0.239 e. The number of hydrogen-bond acceptors (Lipinski definition) is 4. The van der Waals surface area contributed by atoms with E-state index in [1.165, 1.54) is 0 Å². The molecule has 0 spiro atoms. The van der Waals surface area contributed by atoms with E-state index in [1.807, 2.05) is 26.8 Å². The Kier molecular flexibility index (Phi) is 6.31. The highest BCUT2D eigenvalue weighted by Gasteiger charge is 2.15. The van der Waals surface area contributed by atoms with Crippen LogP contribution in [0.25, 0.3) is 0 Å². The lowest BCUT2D eigenvalue weighted by molar-refractivity contribution is -0.131. The van der Waals surface area contributed by atoms with E-state index in [-0.39, 0.29) is 17.7 Å². The van der Waals surface area contributed by atoms with Crippen molar-refractivity contribution in [3.8, 4) is 11.5 Å². The molecule has 1 aromatic rings. The molecule has 0 aromatic heterocycles. The highest BCUT2D eigenvalue weighted by molar-refractivity contribution is 5.81. The molecule has 1 aromatic carbocycles. The maximum atomic E-state index is 11.9. The minimum absolute atomic E-state index is 0.0660. The van der Waals surface area contributed by atoms with E-state index in [0.717, 1.165) is 5.56 Å². The van der Waals surface area contributed by atoms with Crippen LogP contribution < -0.4 is 10.1 Å². The monoisotopic (exact) mass is 280 g/mol. The number of likely N-dealkylation sites (N-methyl/N-ethyl adjacent to an activating group) is 1. The molecule has 5 heteroatoms. The zero-order chi connectivity index (χ0) is 15.1. The fraction of sp³-hybridized carbons (Fsp3) is 0.533. The average molecular weight is 280 g/mol. The van der Waals surface area contributed by atoms with Crippen molar-refractivity contribution in [3.63, 3.8) is 0 Å². The summed E-state index contributed by atoms with van der Waals surface area (Å²) in [6.45, 7) is 7.40. The van der Waals surface area contributed by atoms with Crippen LogP contribution in [0.5, 0.6) is 11.5 Å². The first kappa shape index (κ1) is 16.3. The van der Waals surface area contributed by atoms with Gasteiger partial charge in [0.15, 0.2) is 11.5 Å². The lowest BCUT2D eigenvalue weighted by atomic mass is 10.2. The standard InChI is InChI=1S/C15H24N2O3/c1-5-17(4)15(19)11(3)16-10-12-7-8-13(18)14(9-12)20-6-2/h7-9,11,16,18H,5-6,10H2,1-4H3. The average Bonchev–Trinajstić information content (AvgIpc) is 2.46. The Hall–Kier alpha value is -1.75. The predicted octanol–water partition coefficient (Wildman–Crippen LogP) is 1.75. The number of benzene rings is 1. The molecule has 0 saturated heterocycles. The fourth-order valence-corrected chi connectivity index (χ4v) is 1.78. The van der Waals surface area contributed by atoms with Gasteiger partial charge in [0.1, 0.15) is 0 Å². The minimum atomic E-state index is -0.246. The van der Waals surface area contributed by atoms with Crippen molar-refractivity contribution in [2.45, 2.75) is 33.4 Å². The van der Waals surface area contributed by atoms with Gasteiger partial charge in [-0.2, -0.15) is 0 Å². The Morgan fingerprint density at radius 1 is 1.45 bits per heavy atom. The van der Waals surface area contributed by atoms with E-state index in [1.54, 1.807) is 24.1 Å². The van der Waals surface area contributed by atoms with Crippen LogP contribution in [-0.2, 0) is 11.3 Å². The summed E-state index contributed by atoms with van der Waals surface area (Å²) in [4.78, 5) is 13.6. The molecular formula is C15H24N2O3. The van der Waals surface area contributed by atoms with Crippen molar-refractivity contribution in [2.24, 2.45) is 0 Å². The number of nitrogens with zero attached hydrogens (tertiary/aromatic N) is 1. The number of phenols is 1. The number of carbonyl (C=O) groups is 1. The molecule has 1 unspecified atom stereocenters. The zero-order valence-corrected chi connectivity index (χ0v) is 12.6. The van der Waals surface area contributed by atoms with Crippen molar-refractivity contribution < 1.29 is 14.6 Å². The number of aromatic hydroxyl groups is 1. The van der Waals surface area contributed by atoms with Gasteiger partial charge in [-0.05, 0) is 38.5 Å². The quantitative estimate of drug-likeness (QED) is 0.799. The molecule has 5 nitrogen and oxygen atoms in total. The molecule has 0 aliphatic heterocycles. The van der Waals surface area contributed by atoms with Crippen LogP contribution in [0.3, 0.4) is 0 Å². The first-order valence-electron chi connectivity index (χ1n) is 6.92. The second-order valence-electron chi connectivity index (χ2n) is 4.69. The number of rotatable bonds is 7.